The van der Waals surface area contributed by atoms with Crippen molar-refractivity contribution in [1.82, 2.24) is 9.38 Å². The number of hydrogen-bond donors (Lipinski definition) is 0. The molecule has 7 heteroatoms. The fourth-order valence-corrected chi connectivity index (χ4v) is 3.40. The fourth-order valence-electron chi connectivity index (χ4n) is 3.40. The Morgan fingerprint density at radius 3 is 2.77 bits per heavy atom. The van der Waals surface area contributed by atoms with Gasteiger partial charge < -0.3 is 4.90 Å². The topological polar surface area (TPSA) is 37.6 Å². The molecule has 0 fully saturated rings. The van der Waals surface area contributed by atoms with Crippen LogP contribution in [0.2, 0.25) is 0 Å². The Labute approximate surface area is 147 Å². The SMILES string of the molecule is O=c1cc(CN2CCCc3cc(C(F)(F)F)ccc32)nc2ccccn12. The van der Waals surface area contributed by atoms with Gasteiger partial charge in [-0.25, -0.2) is 4.98 Å². The number of halogens is 3. The van der Waals surface area contributed by atoms with E-state index in [2.05, 4.69) is 4.98 Å². The molecule has 0 atom stereocenters. The molecular weight excluding hydrogens is 343 g/mol. The zero-order chi connectivity index (χ0) is 18.3. The van der Waals surface area contributed by atoms with Crippen LogP contribution in [0.15, 0.2) is 53.5 Å². The maximum atomic E-state index is 12.9. The van der Waals surface area contributed by atoms with Crippen LogP contribution in [0.1, 0.15) is 23.2 Å². The van der Waals surface area contributed by atoms with Crippen molar-refractivity contribution in [1.29, 1.82) is 0 Å². The van der Waals surface area contributed by atoms with Crippen LogP contribution in [0.3, 0.4) is 0 Å². The highest BCUT2D eigenvalue weighted by Crippen LogP contribution is 2.35. The molecule has 0 aliphatic carbocycles. The molecule has 4 rings (SSSR count). The largest absolute Gasteiger partial charge is 0.416 e. The number of aryl methyl sites for hydroxylation is 1. The van der Waals surface area contributed by atoms with E-state index in [0.29, 0.717) is 36.4 Å². The summed E-state index contributed by atoms with van der Waals surface area (Å²) in [6.45, 7) is 1.10. The highest BCUT2D eigenvalue weighted by Gasteiger charge is 2.32. The Balaban J connectivity index is 1.68. The highest BCUT2D eigenvalue weighted by molar-refractivity contribution is 5.57. The van der Waals surface area contributed by atoms with Crippen molar-refractivity contribution < 1.29 is 13.2 Å². The van der Waals surface area contributed by atoms with Crippen molar-refractivity contribution in [2.75, 3.05) is 11.4 Å². The van der Waals surface area contributed by atoms with Crippen LogP contribution in [0.5, 0.6) is 0 Å². The minimum atomic E-state index is -4.34. The van der Waals surface area contributed by atoms with Crippen LogP contribution >= 0.6 is 0 Å². The third-order valence-corrected chi connectivity index (χ3v) is 4.60. The number of benzene rings is 1. The molecule has 0 unspecified atom stereocenters. The third kappa shape index (κ3) is 3.05. The summed E-state index contributed by atoms with van der Waals surface area (Å²) in [4.78, 5) is 18.7. The number of rotatable bonds is 2. The van der Waals surface area contributed by atoms with E-state index in [0.717, 1.165) is 18.2 Å². The molecule has 0 bridgehead atoms. The summed E-state index contributed by atoms with van der Waals surface area (Å²) >= 11 is 0. The minimum absolute atomic E-state index is 0.171. The molecular formula is C19H16F3N3O. The summed E-state index contributed by atoms with van der Waals surface area (Å²) in [7, 11) is 0. The first-order valence-electron chi connectivity index (χ1n) is 8.34. The summed E-state index contributed by atoms with van der Waals surface area (Å²) in [6.07, 6.45) is -1.31. The maximum absolute atomic E-state index is 12.9. The van der Waals surface area contributed by atoms with Gasteiger partial charge in [0, 0.05) is 24.5 Å². The van der Waals surface area contributed by atoms with Crippen LogP contribution in [-0.4, -0.2) is 15.9 Å². The van der Waals surface area contributed by atoms with Crippen molar-refractivity contribution in [3.05, 3.63) is 75.8 Å². The van der Waals surface area contributed by atoms with Gasteiger partial charge in [-0.2, -0.15) is 13.2 Å². The summed E-state index contributed by atoms with van der Waals surface area (Å²) < 4.78 is 40.3. The van der Waals surface area contributed by atoms with E-state index >= 15 is 0 Å². The lowest BCUT2D eigenvalue weighted by Crippen LogP contribution is -2.30. The third-order valence-electron chi connectivity index (χ3n) is 4.60. The predicted octanol–water partition coefficient (Wildman–Crippen LogP) is 3.67. The second kappa shape index (κ2) is 6.16. The van der Waals surface area contributed by atoms with Crippen LogP contribution in [-0.2, 0) is 19.1 Å². The molecule has 3 heterocycles. The summed E-state index contributed by atoms with van der Waals surface area (Å²) in [5, 5.41) is 0. The standard InChI is InChI=1S/C19H16F3N3O/c20-19(21,22)14-6-7-16-13(10-14)4-3-8-24(16)12-15-11-18(26)25-9-2-1-5-17(25)23-15/h1-2,5-7,9-11H,3-4,8,12H2. The Morgan fingerprint density at radius 2 is 1.96 bits per heavy atom. The zero-order valence-corrected chi connectivity index (χ0v) is 13.8. The van der Waals surface area contributed by atoms with Crippen LogP contribution in [0.25, 0.3) is 5.65 Å². The monoisotopic (exact) mass is 359 g/mol. The van der Waals surface area contributed by atoms with Gasteiger partial charge in [-0.3, -0.25) is 9.20 Å². The van der Waals surface area contributed by atoms with E-state index in [4.69, 9.17) is 0 Å². The van der Waals surface area contributed by atoms with Crippen molar-refractivity contribution >= 4 is 11.3 Å². The lowest BCUT2D eigenvalue weighted by molar-refractivity contribution is -0.137. The van der Waals surface area contributed by atoms with Crippen molar-refractivity contribution in [2.24, 2.45) is 0 Å². The van der Waals surface area contributed by atoms with Gasteiger partial charge in [0.1, 0.15) is 5.65 Å². The molecule has 0 saturated heterocycles. The number of fused-ring (bicyclic) bond motifs is 2. The first kappa shape index (κ1) is 16.6. The predicted molar refractivity (Wildman–Crippen MR) is 92.3 cm³/mol. The van der Waals surface area contributed by atoms with E-state index < -0.39 is 11.7 Å². The van der Waals surface area contributed by atoms with E-state index in [1.54, 1.807) is 24.4 Å². The average Bonchev–Trinajstić information content (AvgIpc) is 2.61. The number of alkyl halides is 3. The number of anilines is 1. The molecule has 26 heavy (non-hydrogen) atoms. The maximum Gasteiger partial charge on any atom is 0.416 e. The molecule has 4 nitrogen and oxygen atoms in total. The number of aromatic nitrogens is 2. The number of nitrogens with zero attached hydrogens (tertiary/aromatic N) is 3. The Bertz CT molecular complexity index is 1030. The smallest absolute Gasteiger partial charge is 0.365 e. The lowest BCUT2D eigenvalue weighted by Gasteiger charge is -2.31. The molecule has 1 aliphatic rings. The molecule has 1 aliphatic heterocycles. The minimum Gasteiger partial charge on any atom is -0.365 e. The van der Waals surface area contributed by atoms with Gasteiger partial charge in [-0.05, 0) is 48.7 Å². The Morgan fingerprint density at radius 1 is 1.12 bits per heavy atom. The summed E-state index contributed by atoms with van der Waals surface area (Å²) in [5.74, 6) is 0. The quantitative estimate of drug-likeness (QED) is 0.701. The van der Waals surface area contributed by atoms with Gasteiger partial charge in [-0.1, -0.05) is 6.07 Å². The molecule has 0 radical (unpaired) electrons. The first-order chi connectivity index (χ1) is 12.4. The average molecular weight is 359 g/mol. The molecule has 0 saturated carbocycles. The second-order valence-electron chi connectivity index (χ2n) is 6.38. The number of pyridine rings is 1. The van der Waals surface area contributed by atoms with Gasteiger partial charge in [-0.15, -0.1) is 0 Å². The highest BCUT2D eigenvalue weighted by atomic mass is 19.4. The first-order valence-corrected chi connectivity index (χ1v) is 8.34. The Hall–Kier alpha value is -2.83. The molecule has 1 aromatic carbocycles. The van der Waals surface area contributed by atoms with Crippen molar-refractivity contribution in [2.45, 2.75) is 25.6 Å². The van der Waals surface area contributed by atoms with Crippen LogP contribution in [0, 0.1) is 0 Å². The van der Waals surface area contributed by atoms with E-state index in [1.165, 1.54) is 22.6 Å². The Kier molecular flexibility index (Phi) is 3.94. The van der Waals surface area contributed by atoms with Gasteiger partial charge >= 0.3 is 6.18 Å². The zero-order valence-electron chi connectivity index (χ0n) is 13.8. The molecule has 0 amide bonds. The van der Waals surface area contributed by atoms with E-state index in [1.807, 2.05) is 4.90 Å². The van der Waals surface area contributed by atoms with Gasteiger partial charge in [0.25, 0.3) is 5.56 Å². The van der Waals surface area contributed by atoms with Gasteiger partial charge in [0.15, 0.2) is 0 Å². The van der Waals surface area contributed by atoms with Crippen molar-refractivity contribution in [3.8, 4) is 0 Å². The van der Waals surface area contributed by atoms with Crippen molar-refractivity contribution in [3.63, 3.8) is 0 Å². The van der Waals surface area contributed by atoms with E-state index in [-0.39, 0.29) is 5.56 Å². The normalized spacial score (nSPS) is 14.5. The fraction of sp³-hybridized carbons (Fsp3) is 0.263. The van der Waals surface area contributed by atoms with Gasteiger partial charge in [0.05, 0.1) is 17.8 Å². The lowest BCUT2D eigenvalue weighted by atomic mass is 9.99. The number of hydrogen-bond acceptors (Lipinski definition) is 3. The summed E-state index contributed by atoms with van der Waals surface area (Å²) in [5.41, 5.74) is 1.83. The van der Waals surface area contributed by atoms with E-state index in [9.17, 15) is 18.0 Å². The molecule has 0 spiro atoms. The molecule has 3 aromatic rings. The van der Waals surface area contributed by atoms with Gasteiger partial charge in [0.2, 0.25) is 0 Å². The van der Waals surface area contributed by atoms with Crippen LogP contribution < -0.4 is 10.5 Å². The van der Waals surface area contributed by atoms with Crippen LogP contribution in [0.4, 0.5) is 18.9 Å². The molecule has 0 N–H and O–H groups in total. The molecule has 2 aromatic heterocycles. The second-order valence-corrected chi connectivity index (χ2v) is 6.38. The molecule has 134 valence electrons. The summed E-state index contributed by atoms with van der Waals surface area (Å²) in [6, 6.07) is 10.7.